The van der Waals surface area contributed by atoms with Crippen molar-refractivity contribution in [1.29, 1.82) is 5.41 Å². The number of halogens is 3. The van der Waals surface area contributed by atoms with Crippen molar-refractivity contribution in [3.05, 3.63) is 35.4 Å². The minimum Gasteiger partial charge on any atom is -0.385 e. The van der Waals surface area contributed by atoms with E-state index in [0.29, 0.717) is 31.8 Å². The molecule has 20 heavy (non-hydrogen) atoms. The summed E-state index contributed by atoms with van der Waals surface area (Å²) in [5.74, 6) is -0.0567. The van der Waals surface area contributed by atoms with Crippen molar-refractivity contribution in [2.45, 2.75) is 18.8 Å². The summed E-state index contributed by atoms with van der Waals surface area (Å²) in [7, 11) is 0. The summed E-state index contributed by atoms with van der Waals surface area (Å²) in [5, 5.41) is 7.35. The van der Waals surface area contributed by atoms with Gasteiger partial charge >= 0.3 is 6.18 Å². The summed E-state index contributed by atoms with van der Waals surface area (Å²) >= 11 is 0. The van der Waals surface area contributed by atoms with Gasteiger partial charge in [-0.05, 0) is 11.6 Å². The first-order chi connectivity index (χ1) is 9.36. The van der Waals surface area contributed by atoms with E-state index in [4.69, 9.17) is 15.9 Å². The van der Waals surface area contributed by atoms with Gasteiger partial charge in [0.25, 0.3) is 0 Å². The number of ether oxygens (including phenoxy) is 1. The molecule has 1 fully saturated rings. The Morgan fingerprint density at radius 1 is 1.45 bits per heavy atom. The molecular weight excluding hydrogens is 271 g/mol. The number of nitrogens with zero attached hydrogens (tertiary/aromatic N) is 1. The molecule has 0 bridgehead atoms. The van der Waals surface area contributed by atoms with E-state index in [0.717, 1.165) is 12.1 Å². The molecule has 1 aliphatic heterocycles. The molecule has 110 valence electrons. The normalized spacial score (nSPS) is 20.9. The van der Waals surface area contributed by atoms with Gasteiger partial charge in [-0.15, -0.1) is 0 Å². The molecule has 2 rings (SSSR count). The van der Waals surface area contributed by atoms with Gasteiger partial charge in [0.15, 0.2) is 0 Å². The summed E-state index contributed by atoms with van der Waals surface area (Å²) in [6, 6.07) is 5.27. The Morgan fingerprint density at radius 2 is 2.20 bits per heavy atom. The lowest BCUT2D eigenvalue weighted by atomic mass is 10.1. The van der Waals surface area contributed by atoms with Crippen LogP contribution in [-0.2, 0) is 17.5 Å². The van der Waals surface area contributed by atoms with Crippen molar-refractivity contribution in [2.24, 2.45) is 5.73 Å². The zero-order valence-corrected chi connectivity index (χ0v) is 10.8. The smallest absolute Gasteiger partial charge is 0.385 e. The molecule has 1 saturated heterocycles. The van der Waals surface area contributed by atoms with Crippen LogP contribution < -0.4 is 5.73 Å². The molecule has 4 nitrogen and oxygen atoms in total. The second-order valence-electron chi connectivity index (χ2n) is 4.75. The maximum atomic E-state index is 12.6. The number of nitrogens with two attached hydrogens (primary N) is 1. The lowest BCUT2D eigenvalue weighted by molar-refractivity contribution is -0.137. The Labute approximate surface area is 114 Å². The Bertz CT molecular complexity index is 490. The van der Waals surface area contributed by atoms with Crippen molar-refractivity contribution in [2.75, 3.05) is 19.7 Å². The van der Waals surface area contributed by atoms with Crippen LogP contribution in [0.15, 0.2) is 24.3 Å². The molecule has 0 amide bonds. The molecule has 1 aromatic carbocycles. The van der Waals surface area contributed by atoms with Crippen LogP contribution in [-0.4, -0.2) is 36.5 Å². The number of nitrogens with one attached hydrogen (secondary N) is 1. The van der Waals surface area contributed by atoms with Crippen molar-refractivity contribution in [1.82, 2.24) is 4.90 Å². The van der Waals surface area contributed by atoms with Crippen LogP contribution in [0.1, 0.15) is 11.1 Å². The summed E-state index contributed by atoms with van der Waals surface area (Å²) in [6.07, 6.45) is -4.81. The predicted octanol–water partition coefficient (Wildman–Crippen LogP) is 1.84. The predicted molar refractivity (Wildman–Crippen MR) is 68.4 cm³/mol. The topological polar surface area (TPSA) is 62.3 Å². The molecule has 0 radical (unpaired) electrons. The molecule has 0 saturated carbocycles. The minimum atomic E-state index is -4.33. The second-order valence-corrected chi connectivity index (χ2v) is 4.75. The second kappa shape index (κ2) is 5.80. The quantitative estimate of drug-likeness (QED) is 0.658. The fourth-order valence-electron chi connectivity index (χ4n) is 2.14. The number of morpholine rings is 1. The molecule has 0 spiro atoms. The van der Waals surface area contributed by atoms with Crippen LogP contribution in [0.5, 0.6) is 0 Å². The highest BCUT2D eigenvalue weighted by Crippen LogP contribution is 2.29. The number of amidine groups is 1. The SMILES string of the molecule is N=C(N)C1CN(Cc2cccc(C(F)(F)F)c2)CCO1. The maximum Gasteiger partial charge on any atom is 0.416 e. The van der Waals surface area contributed by atoms with Crippen LogP contribution in [0.3, 0.4) is 0 Å². The highest BCUT2D eigenvalue weighted by atomic mass is 19.4. The number of hydrogen-bond donors (Lipinski definition) is 2. The summed E-state index contributed by atoms with van der Waals surface area (Å²) < 4.78 is 43.2. The number of rotatable bonds is 3. The molecular formula is C13H16F3N3O. The van der Waals surface area contributed by atoms with Crippen LogP contribution in [0.2, 0.25) is 0 Å². The first-order valence-corrected chi connectivity index (χ1v) is 6.20. The van der Waals surface area contributed by atoms with Crippen molar-refractivity contribution in [3.63, 3.8) is 0 Å². The van der Waals surface area contributed by atoms with Gasteiger partial charge in [-0.25, -0.2) is 0 Å². The van der Waals surface area contributed by atoms with E-state index < -0.39 is 17.8 Å². The lowest BCUT2D eigenvalue weighted by Gasteiger charge is -2.32. The van der Waals surface area contributed by atoms with Crippen molar-refractivity contribution >= 4 is 5.84 Å². The Kier molecular flexibility index (Phi) is 4.29. The Morgan fingerprint density at radius 3 is 2.85 bits per heavy atom. The minimum absolute atomic E-state index is 0.0567. The monoisotopic (exact) mass is 287 g/mol. The third-order valence-electron chi connectivity index (χ3n) is 3.16. The van der Waals surface area contributed by atoms with Crippen LogP contribution in [0, 0.1) is 5.41 Å². The molecule has 3 N–H and O–H groups in total. The van der Waals surface area contributed by atoms with Gasteiger partial charge in [0.2, 0.25) is 0 Å². The van der Waals surface area contributed by atoms with E-state index in [-0.39, 0.29) is 5.84 Å². The van der Waals surface area contributed by atoms with E-state index in [1.807, 2.05) is 4.90 Å². The van der Waals surface area contributed by atoms with Crippen LogP contribution in [0.4, 0.5) is 13.2 Å². The summed E-state index contributed by atoms with van der Waals surface area (Å²) in [6.45, 7) is 1.84. The standard InChI is InChI=1S/C13H16F3N3O/c14-13(15,16)10-3-1-2-9(6-10)7-19-4-5-20-11(8-19)12(17)18/h1-3,6,11H,4-5,7-8H2,(H3,17,18). The zero-order valence-electron chi connectivity index (χ0n) is 10.8. The van der Waals surface area contributed by atoms with E-state index in [1.54, 1.807) is 6.07 Å². The van der Waals surface area contributed by atoms with Crippen molar-refractivity contribution in [3.8, 4) is 0 Å². The van der Waals surface area contributed by atoms with Gasteiger partial charge in [0, 0.05) is 19.6 Å². The molecule has 0 aromatic heterocycles. The Balaban J connectivity index is 2.04. The van der Waals surface area contributed by atoms with Crippen LogP contribution in [0.25, 0.3) is 0 Å². The molecule has 1 heterocycles. The maximum absolute atomic E-state index is 12.6. The third-order valence-corrected chi connectivity index (χ3v) is 3.16. The van der Waals surface area contributed by atoms with Gasteiger partial charge in [0.05, 0.1) is 12.2 Å². The largest absolute Gasteiger partial charge is 0.416 e. The fourth-order valence-corrected chi connectivity index (χ4v) is 2.14. The van der Waals surface area contributed by atoms with Gasteiger partial charge in [0.1, 0.15) is 11.9 Å². The number of alkyl halides is 3. The number of hydrogen-bond acceptors (Lipinski definition) is 3. The third kappa shape index (κ3) is 3.71. The van der Waals surface area contributed by atoms with Gasteiger partial charge in [-0.2, -0.15) is 13.2 Å². The molecule has 1 unspecified atom stereocenters. The van der Waals surface area contributed by atoms with E-state index in [2.05, 4.69) is 0 Å². The van der Waals surface area contributed by atoms with E-state index in [9.17, 15) is 13.2 Å². The molecule has 0 aliphatic carbocycles. The van der Waals surface area contributed by atoms with E-state index in [1.165, 1.54) is 6.07 Å². The van der Waals surface area contributed by atoms with Crippen molar-refractivity contribution < 1.29 is 17.9 Å². The first-order valence-electron chi connectivity index (χ1n) is 6.20. The van der Waals surface area contributed by atoms with Gasteiger partial charge in [-0.3, -0.25) is 10.3 Å². The van der Waals surface area contributed by atoms with Gasteiger partial charge < -0.3 is 10.5 Å². The van der Waals surface area contributed by atoms with Gasteiger partial charge in [-0.1, -0.05) is 18.2 Å². The first kappa shape index (κ1) is 14.8. The average molecular weight is 287 g/mol. The Hall–Kier alpha value is -1.60. The van der Waals surface area contributed by atoms with E-state index >= 15 is 0 Å². The molecule has 1 atom stereocenters. The highest BCUT2D eigenvalue weighted by Gasteiger charge is 2.30. The molecule has 1 aromatic rings. The summed E-state index contributed by atoms with van der Waals surface area (Å²) in [5.41, 5.74) is 5.33. The van der Waals surface area contributed by atoms with Crippen LogP contribution >= 0.6 is 0 Å². The highest BCUT2D eigenvalue weighted by molar-refractivity contribution is 5.82. The lowest BCUT2D eigenvalue weighted by Crippen LogP contribution is -2.47. The fraction of sp³-hybridized carbons (Fsp3) is 0.462. The summed E-state index contributed by atoms with van der Waals surface area (Å²) in [4.78, 5) is 1.94. The zero-order chi connectivity index (χ0) is 14.8. The molecule has 1 aliphatic rings. The average Bonchev–Trinajstić information content (AvgIpc) is 2.38. The number of benzene rings is 1. The molecule has 7 heteroatoms.